The van der Waals surface area contributed by atoms with E-state index < -0.39 is 10.0 Å². The summed E-state index contributed by atoms with van der Waals surface area (Å²) in [5, 5.41) is 0. The van der Waals surface area contributed by atoms with Crippen molar-refractivity contribution in [2.75, 3.05) is 14.1 Å². The molecule has 0 fully saturated rings. The maximum absolute atomic E-state index is 11.8. The first-order chi connectivity index (χ1) is 8.01. The Morgan fingerprint density at radius 1 is 1.06 bits per heavy atom. The Morgan fingerprint density at radius 2 is 1.71 bits per heavy atom. The molecule has 0 bridgehead atoms. The van der Waals surface area contributed by atoms with Gasteiger partial charge in [0.2, 0.25) is 10.0 Å². The lowest BCUT2D eigenvalue weighted by Crippen LogP contribution is -2.22. The van der Waals surface area contributed by atoms with Crippen molar-refractivity contribution >= 4 is 10.0 Å². The molecule has 0 saturated carbocycles. The van der Waals surface area contributed by atoms with Crippen LogP contribution in [-0.2, 0) is 10.0 Å². The molecule has 0 aliphatic carbocycles. The number of sulfonamides is 1. The summed E-state index contributed by atoms with van der Waals surface area (Å²) in [6, 6.07) is 10.2. The summed E-state index contributed by atoms with van der Waals surface area (Å²) in [5.74, 6) is 0.721. The second kappa shape index (κ2) is 4.35. The molecular formula is C12H13NO3S. The van der Waals surface area contributed by atoms with Crippen LogP contribution in [0.1, 0.15) is 0 Å². The predicted molar refractivity (Wildman–Crippen MR) is 65.0 cm³/mol. The molecule has 2 rings (SSSR count). The van der Waals surface area contributed by atoms with Gasteiger partial charge in [0.05, 0.1) is 11.2 Å². The Bertz CT molecular complexity index is 583. The van der Waals surface area contributed by atoms with Crippen LogP contribution in [0.25, 0.3) is 11.3 Å². The summed E-state index contributed by atoms with van der Waals surface area (Å²) in [6.07, 6.45) is 1.58. The molecule has 0 aliphatic rings. The van der Waals surface area contributed by atoms with Gasteiger partial charge in [0.25, 0.3) is 0 Å². The van der Waals surface area contributed by atoms with Crippen molar-refractivity contribution in [3.05, 3.63) is 42.7 Å². The number of hydrogen-bond acceptors (Lipinski definition) is 3. The van der Waals surface area contributed by atoms with Crippen molar-refractivity contribution in [2.24, 2.45) is 0 Å². The van der Waals surface area contributed by atoms with Gasteiger partial charge >= 0.3 is 0 Å². The van der Waals surface area contributed by atoms with E-state index in [1.54, 1.807) is 36.6 Å². The van der Waals surface area contributed by atoms with Gasteiger partial charge in [-0.25, -0.2) is 12.7 Å². The van der Waals surface area contributed by atoms with Crippen molar-refractivity contribution in [1.82, 2.24) is 4.31 Å². The fourth-order valence-corrected chi connectivity index (χ4v) is 2.35. The van der Waals surface area contributed by atoms with Crippen molar-refractivity contribution < 1.29 is 12.8 Å². The molecule has 0 saturated heterocycles. The molecule has 0 amide bonds. The van der Waals surface area contributed by atoms with Crippen LogP contribution in [0.2, 0.25) is 0 Å². The fourth-order valence-electron chi connectivity index (χ4n) is 1.44. The minimum atomic E-state index is -3.36. The van der Waals surface area contributed by atoms with Crippen LogP contribution in [0.3, 0.4) is 0 Å². The topological polar surface area (TPSA) is 50.5 Å². The standard InChI is InChI=1S/C12H13NO3S/c1-13(2)17(14,15)11-7-5-10(6-8-11)12-4-3-9-16-12/h3-9H,1-2H3. The van der Waals surface area contributed by atoms with E-state index >= 15 is 0 Å². The molecule has 2 aromatic rings. The molecule has 0 aliphatic heterocycles. The fraction of sp³-hybridized carbons (Fsp3) is 0.167. The molecule has 1 heterocycles. The van der Waals surface area contributed by atoms with E-state index in [-0.39, 0.29) is 4.90 Å². The minimum absolute atomic E-state index is 0.276. The molecule has 90 valence electrons. The summed E-state index contributed by atoms with van der Waals surface area (Å²) in [4.78, 5) is 0.276. The summed E-state index contributed by atoms with van der Waals surface area (Å²) >= 11 is 0. The van der Waals surface area contributed by atoms with E-state index in [1.165, 1.54) is 18.4 Å². The zero-order valence-electron chi connectivity index (χ0n) is 9.62. The Hall–Kier alpha value is -1.59. The van der Waals surface area contributed by atoms with Gasteiger partial charge in [-0.05, 0) is 36.4 Å². The van der Waals surface area contributed by atoms with Crippen LogP contribution in [-0.4, -0.2) is 26.8 Å². The lowest BCUT2D eigenvalue weighted by atomic mass is 10.2. The van der Waals surface area contributed by atoms with E-state index in [9.17, 15) is 8.42 Å². The number of rotatable bonds is 3. The molecule has 4 nitrogen and oxygen atoms in total. The molecule has 1 aromatic carbocycles. The van der Waals surface area contributed by atoms with Crippen LogP contribution in [0.4, 0.5) is 0 Å². The zero-order valence-corrected chi connectivity index (χ0v) is 10.4. The Morgan fingerprint density at radius 3 is 2.18 bits per heavy atom. The Balaban J connectivity index is 2.38. The summed E-state index contributed by atoms with van der Waals surface area (Å²) in [5.41, 5.74) is 0.854. The van der Waals surface area contributed by atoms with Gasteiger partial charge in [-0.2, -0.15) is 0 Å². The number of nitrogens with zero attached hydrogens (tertiary/aromatic N) is 1. The maximum Gasteiger partial charge on any atom is 0.242 e. The highest BCUT2D eigenvalue weighted by Gasteiger charge is 2.16. The second-order valence-corrected chi connectivity index (χ2v) is 5.94. The van der Waals surface area contributed by atoms with Gasteiger partial charge < -0.3 is 4.42 Å². The van der Waals surface area contributed by atoms with Crippen LogP contribution in [0.5, 0.6) is 0 Å². The molecular weight excluding hydrogens is 238 g/mol. The maximum atomic E-state index is 11.8. The largest absolute Gasteiger partial charge is 0.464 e. The molecule has 1 aromatic heterocycles. The monoisotopic (exact) mass is 251 g/mol. The van der Waals surface area contributed by atoms with E-state index in [1.807, 2.05) is 6.07 Å². The first-order valence-corrected chi connectivity index (χ1v) is 6.52. The molecule has 17 heavy (non-hydrogen) atoms. The van der Waals surface area contributed by atoms with Gasteiger partial charge in [-0.3, -0.25) is 0 Å². The van der Waals surface area contributed by atoms with Crippen LogP contribution in [0, 0.1) is 0 Å². The van der Waals surface area contributed by atoms with Crippen molar-refractivity contribution in [3.63, 3.8) is 0 Å². The second-order valence-electron chi connectivity index (χ2n) is 3.79. The minimum Gasteiger partial charge on any atom is -0.464 e. The quantitative estimate of drug-likeness (QED) is 0.840. The number of hydrogen-bond donors (Lipinski definition) is 0. The van der Waals surface area contributed by atoms with Crippen LogP contribution < -0.4 is 0 Å². The smallest absolute Gasteiger partial charge is 0.242 e. The highest BCUT2D eigenvalue weighted by molar-refractivity contribution is 7.89. The highest BCUT2D eigenvalue weighted by atomic mass is 32.2. The van der Waals surface area contributed by atoms with Crippen molar-refractivity contribution in [2.45, 2.75) is 4.90 Å². The Kier molecular flexibility index (Phi) is 3.04. The molecule has 0 atom stereocenters. The summed E-state index contributed by atoms with van der Waals surface area (Å²) in [6.45, 7) is 0. The molecule has 0 unspecified atom stereocenters. The van der Waals surface area contributed by atoms with Gasteiger partial charge in [0.1, 0.15) is 5.76 Å². The summed E-state index contributed by atoms with van der Waals surface area (Å²) in [7, 11) is -0.340. The predicted octanol–water partition coefficient (Wildman–Crippen LogP) is 2.20. The van der Waals surface area contributed by atoms with Crippen LogP contribution in [0.15, 0.2) is 52.0 Å². The first kappa shape index (κ1) is 11.9. The molecule has 5 heteroatoms. The average Bonchev–Trinajstić information content (AvgIpc) is 2.82. The van der Waals surface area contributed by atoms with Gasteiger partial charge in [-0.15, -0.1) is 0 Å². The zero-order chi connectivity index (χ0) is 12.5. The molecule has 0 spiro atoms. The third-order valence-corrected chi connectivity index (χ3v) is 4.27. The summed E-state index contributed by atoms with van der Waals surface area (Å²) < 4.78 is 30.1. The van der Waals surface area contributed by atoms with Gasteiger partial charge in [-0.1, -0.05) is 0 Å². The van der Waals surface area contributed by atoms with Crippen molar-refractivity contribution in [1.29, 1.82) is 0 Å². The van der Waals surface area contributed by atoms with Crippen LogP contribution >= 0.6 is 0 Å². The number of furan rings is 1. The van der Waals surface area contributed by atoms with Gasteiger partial charge in [0, 0.05) is 19.7 Å². The van der Waals surface area contributed by atoms with E-state index in [0.717, 1.165) is 11.3 Å². The van der Waals surface area contributed by atoms with E-state index in [0.29, 0.717) is 0 Å². The average molecular weight is 251 g/mol. The lowest BCUT2D eigenvalue weighted by Gasteiger charge is -2.11. The van der Waals surface area contributed by atoms with Crippen molar-refractivity contribution in [3.8, 4) is 11.3 Å². The molecule has 0 N–H and O–H groups in total. The van der Waals surface area contributed by atoms with Gasteiger partial charge in [0.15, 0.2) is 0 Å². The third kappa shape index (κ3) is 2.25. The van der Waals surface area contributed by atoms with E-state index in [2.05, 4.69) is 0 Å². The number of benzene rings is 1. The Labute approximate surface area is 101 Å². The lowest BCUT2D eigenvalue weighted by molar-refractivity contribution is 0.520. The highest BCUT2D eigenvalue weighted by Crippen LogP contribution is 2.22. The third-order valence-electron chi connectivity index (χ3n) is 2.44. The SMILES string of the molecule is CN(C)S(=O)(=O)c1ccc(-c2ccco2)cc1. The first-order valence-electron chi connectivity index (χ1n) is 5.08. The molecule has 0 radical (unpaired) electrons. The van der Waals surface area contributed by atoms with E-state index in [4.69, 9.17) is 4.42 Å². The normalized spacial score (nSPS) is 11.9.